The fraction of sp³-hybridized carbons (Fsp3) is 0.500. The van der Waals surface area contributed by atoms with Crippen molar-refractivity contribution in [2.24, 2.45) is 11.7 Å². The SMILES string of the molecule is CCOC(=O)CC[C@@H](C)[C@@H](N)C(=O)OCc1ccccc1. The number of hydrogen-bond acceptors (Lipinski definition) is 5. The maximum atomic E-state index is 11.9. The van der Waals surface area contributed by atoms with E-state index in [0.717, 1.165) is 5.56 Å². The lowest BCUT2D eigenvalue weighted by Gasteiger charge is -2.18. The summed E-state index contributed by atoms with van der Waals surface area (Å²) < 4.78 is 10.0. The minimum atomic E-state index is -0.733. The first kappa shape index (κ1) is 17.2. The van der Waals surface area contributed by atoms with E-state index in [0.29, 0.717) is 13.0 Å². The van der Waals surface area contributed by atoms with Crippen molar-refractivity contribution in [2.75, 3.05) is 6.61 Å². The van der Waals surface area contributed by atoms with Crippen LogP contribution < -0.4 is 5.73 Å². The zero-order valence-corrected chi connectivity index (χ0v) is 12.6. The molecule has 5 nitrogen and oxygen atoms in total. The molecule has 0 saturated carbocycles. The van der Waals surface area contributed by atoms with Crippen LogP contribution in [0.25, 0.3) is 0 Å². The molecule has 0 aliphatic rings. The first-order chi connectivity index (χ1) is 10.0. The van der Waals surface area contributed by atoms with E-state index < -0.39 is 12.0 Å². The third-order valence-electron chi connectivity index (χ3n) is 3.22. The highest BCUT2D eigenvalue weighted by molar-refractivity contribution is 5.76. The summed E-state index contributed by atoms with van der Waals surface area (Å²) in [6, 6.07) is 8.68. The van der Waals surface area contributed by atoms with Crippen molar-refractivity contribution in [3.05, 3.63) is 35.9 Å². The molecule has 0 fully saturated rings. The normalized spacial score (nSPS) is 13.3. The van der Waals surface area contributed by atoms with Crippen molar-refractivity contribution >= 4 is 11.9 Å². The summed E-state index contributed by atoms with van der Waals surface area (Å²) in [5.41, 5.74) is 6.77. The van der Waals surface area contributed by atoms with Crippen LogP contribution >= 0.6 is 0 Å². The summed E-state index contributed by atoms with van der Waals surface area (Å²) in [7, 11) is 0. The molecule has 0 aromatic heterocycles. The van der Waals surface area contributed by atoms with Crippen molar-refractivity contribution in [1.82, 2.24) is 0 Å². The first-order valence-electron chi connectivity index (χ1n) is 7.16. The molecule has 0 aliphatic carbocycles. The average Bonchev–Trinajstić information content (AvgIpc) is 2.50. The maximum Gasteiger partial charge on any atom is 0.323 e. The van der Waals surface area contributed by atoms with Gasteiger partial charge in [-0.25, -0.2) is 0 Å². The van der Waals surface area contributed by atoms with Crippen LogP contribution in [-0.2, 0) is 25.7 Å². The van der Waals surface area contributed by atoms with E-state index in [9.17, 15) is 9.59 Å². The average molecular weight is 293 g/mol. The largest absolute Gasteiger partial charge is 0.466 e. The third-order valence-corrected chi connectivity index (χ3v) is 3.22. The summed E-state index contributed by atoms with van der Waals surface area (Å²) in [6.45, 7) is 4.15. The molecular formula is C16H23NO4. The molecule has 1 rings (SSSR count). The van der Waals surface area contributed by atoms with Gasteiger partial charge in [0.05, 0.1) is 6.61 Å². The molecule has 116 valence electrons. The van der Waals surface area contributed by atoms with Gasteiger partial charge in [0.1, 0.15) is 12.6 Å². The van der Waals surface area contributed by atoms with E-state index in [-0.39, 0.29) is 24.9 Å². The zero-order valence-electron chi connectivity index (χ0n) is 12.6. The van der Waals surface area contributed by atoms with Gasteiger partial charge in [-0.1, -0.05) is 37.3 Å². The van der Waals surface area contributed by atoms with Gasteiger partial charge in [0.2, 0.25) is 0 Å². The van der Waals surface area contributed by atoms with Crippen LogP contribution in [0.15, 0.2) is 30.3 Å². The summed E-state index contributed by atoms with van der Waals surface area (Å²) in [5, 5.41) is 0. The highest BCUT2D eigenvalue weighted by atomic mass is 16.5. The summed E-state index contributed by atoms with van der Waals surface area (Å²) in [6.07, 6.45) is 0.759. The third kappa shape index (κ3) is 6.40. The second-order valence-electron chi connectivity index (χ2n) is 4.94. The van der Waals surface area contributed by atoms with E-state index in [1.54, 1.807) is 6.92 Å². The Morgan fingerprint density at radius 3 is 2.48 bits per heavy atom. The second-order valence-corrected chi connectivity index (χ2v) is 4.94. The number of esters is 2. The molecule has 0 amide bonds. The molecule has 2 atom stereocenters. The molecule has 2 N–H and O–H groups in total. The van der Waals surface area contributed by atoms with Gasteiger partial charge in [0.15, 0.2) is 0 Å². The Bertz CT molecular complexity index is 447. The zero-order chi connectivity index (χ0) is 15.7. The van der Waals surface area contributed by atoms with E-state index >= 15 is 0 Å². The van der Waals surface area contributed by atoms with Crippen LogP contribution in [0.1, 0.15) is 32.3 Å². The lowest BCUT2D eigenvalue weighted by atomic mass is 9.97. The predicted molar refractivity (Wildman–Crippen MR) is 79.2 cm³/mol. The highest BCUT2D eigenvalue weighted by Gasteiger charge is 2.23. The van der Waals surface area contributed by atoms with Gasteiger partial charge in [-0.3, -0.25) is 9.59 Å². The van der Waals surface area contributed by atoms with Crippen molar-refractivity contribution in [2.45, 2.75) is 39.3 Å². The molecular weight excluding hydrogens is 270 g/mol. The van der Waals surface area contributed by atoms with Gasteiger partial charge in [0, 0.05) is 6.42 Å². The number of ether oxygens (including phenoxy) is 2. The van der Waals surface area contributed by atoms with Gasteiger partial charge < -0.3 is 15.2 Å². The topological polar surface area (TPSA) is 78.6 Å². The summed E-state index contributed by atoms with van der Waals surface area (Å²) in [4.78, 5) is 23.1. The predicted octanol–water partition coefficient (Wildman–Crippen LogP) is 2.04. The maximum absolute atomic E-state index is 11.9. The summed E-state index contributed by atoms with van der Waals surface area (Å²) in [5.74, 6) is -0.859. The van der Waals surface area contributed by atoms with Crippen LogP contribution in [0.2, 0.25) is 0 Å². The highest BCUT2D eigenvalue weighted by Crippen LogP contribution is 2.12. The Balaban J connectivity index is 2.34. The van der Waals surface area contributed by atoms with Crippen molar-refractivity contribution in [3.8, 4) is 0 Å². The molecule has 1 aromatic rings. The van der Waals surface area contributed by atoms with Gasteiger partial charge in [0.25, 0.3) is 0 Å². The Hall–Kier alpha value is -1.88. The van der Waals surface area contributed by atoms with E-state index in [4.69, 9.17) is 15.2 Å². The standard InChI is InChI=1S/C16H23NO4/c1-3-20-14(18)10-9-12(2)15(17)16(19)21-11-13-7-5-4-6-8-13/h4-8,12,15H,3,9-11,17H2,1-2H3/t12-,15-/m1/s1. The molecule has 0 heterocycles. The van der Waals surface area contributed by atoms with Crippen LogP contribution in [0.4, 0.5) is 0 Å². The van der Waals surface area contributed by atoms with Gasteiger partial charge in [-0.2, -0.15) is 0 Å². The smallest absolute Gasteiger partial charge is 0.323 e. The number of carbonyl (C=O) groups is 2. The number of benzene rings is 1. The quantitative estimate of drug-likeness (QED) is 0.742. The fourth-order valence-corrected chi connectivity index (χ4v) is 1.82. The van der Waals surface area contributed by atoms with Gasteiger partial charge in [-0.15, -0.1) is 0 Å². The van der Waals surface area contributed by atoms with Crippen LogP contribution in [0, 0.1) is 5.92 Å². The van der Waals surface area contributed by atoms with Gasteiger partial charge in [-0.05, 0) is 24.8 Å². The van der Waals surface area contributed by atoms with E-state index in [2.05, 4.69) is 0 Å². The molecule has 0 radical (unpaired) electrons. The molecule has 21 heavy (non-hydrogen) atoms. The number of nitrogens with two attached hydrogens (primary N) is 1. The Kier molecular flexibility index (Phi) is 7.46. The van der Waals surface area contributed by atoms with Gasteiger partial charge >= 0.3 is 11.9 Å². The molecule has 0 unspecified atom stereocenters. The number of rotatable bonds is 8. The van der Waals surface area contributed by atoms with Crippen LogP contribution in [0.5, 0.6) is 0 Å². The van der Waals surface area contributed by atoms with Crippen LogP contribution in [-0.4, -0.2) is 24.6 Å². The van der Waals surface area contributed by atoms with Crippen molar-refractivity contribution in [3.63, 3.8) is 0 Å². The lowest BCUT2D eigenvalue weighted by molar-refractivity contribution is -0.149. The second kappa shape index (κ2) is 9.13. The minimum Gasteiger partial charge on any atom is -0.466 e. The molecule has 0 aliphatic heterocycles. The summed E-state index contributed by atoms with van der Waals surface area (Å²) >= 11 is 0. The minimum absolute atomic E-state index is 0.141. The Morgan fingerprint density at radius 2 is 1.86 bits per heavy atom. The fourth-order valence-electron chi connectivity index (χ4n) is 1.82. The van der Waals surface area contributed by atoms with E-state index in [1.807, 2.05) is 37.3 Å². The Morgan fingerprint density at radius 1 is 1.19 bits per heavy atom. The van der Waals surface area contributed by atoms with Crippen molar-refractivity contribution in [1.29, 1.82) is 0 Å². The number of hydrogen-bond donors (Lipinski definition) is 1. The van der Waals surface area contributed by atoms with E-state index in [1.165, 1.54) is 0 Å². The number of carbonyl (C=O) groups excluding carboxylic acids is 2. The lowest BCUT2D eigenvalue weighted by Crippen LogP contribution is -2.38. The monoisotopic (exact) mass is 293 g/mol. The molecule has 0 spiro atoms. The van der Waals surface area contributed by atoms with Crippen LogP contribution in [0.3, 0.4) is 0 Å². The first-order valence-corrected chi connectivity index (χ1v) is 7.16. The van der Waals surface area contributed by atoms with Crippen molar-refractivity contribution < 1.29 is 19.1 Å². The molecule has 1 aromatic carbocycles. The molecule has 0 saturated heterocycles. The molecule has 0 bridgehead atoms. The Labute approximate surface area is 125 Å². The molecule has 5 heteroatoms.